The first kappa shape index (κ1) is 38.1. The molecule has 0 N–H and O–H groups in total. The summed E-state index contributed by atoms with van der Waals surface area (Å²) in [6, 6.07) is 75.0. The lowest BCUT2D eigenvalue weighted by Crippen LogP contribution is -2.02. The number of para-hydroxylation sites is 1. The van der Waals surface area contributed by atoms with Gasteiger partial charge in [0.05, 0.1) is 11.0 Å². The van der Waals surface area contributed by atoms with E-state index in [1.807, 2.05) is 34.0 Å². The minimum Gasteiger partial charge on any atom is -0.309 e. The fourth-order valence-corrected chi connectivity index (χ4v) is 14.0. The van der Waals surface area contributed by atoms with Crippen molar-refractivity contribution in [3.05, 3.63) is 206 Å². The number of nitrogens with zero attached hydrogens (tertiary/aromatic N) is 4. The van der Waals surface area contributed by atoms with Crippen LogP contribution in [0.4, 0.5) is 0 Å². The van der Waals surface area contributed by atoms with Gasteiger partial charge in [-0.25, -0.2) is 15.0 Å². The summed E-state index contributed by atoms with van der Waals surface area (Å²) in [5.41, 5.74) is 8.48. The van der Waals surface area contributed by atoms with Crippen LogP contribution in [-0.2, 0) is 0 Å². The molecule has 15 aromatic rings. The van der Waals surface area contributed by atoms with E-state index < -0.39 is 0 Å². The van der Waals surface area contributed by atoms with Crippen LogP contribution >= 0.6 is 34.0 Å². The summed E-state index contributed by atoms with van der Waals surface area (Å²) >= 11 is 5.46. The van der Waals surface area contributed by atoms with Crippen LogP contribution in [0, 0.1) is 0 Å². The Bertz CT molecular complexity index is 4460. The molecule has 5 heterocycles. The van der Waals surface area contributed by atoms with Gasteiger partial charge in [0, 0.05) is 93.7 Å². The lowest BCUT2D eigenvalue weighted by molar-refractivity contribution is 1.08. The number of hydrogen-bond donors (Lipinski definition) is 0. The topological polar surface area (TPSA) is 43.6 Å². The van der Waals surface area contributed by atoms with Crippen LogP contribution < -0.4 is 0 Å². The molecule has 0 bridgehead atoms. The van der Waals surface area contributed by atoms with Crippen molar-refractivity contribution in [1.82, 2.24) is 19.5 Å². The lowest BCUT2D eigenvalue weighted by atomic mass is 9.96. The third-order valence-corrected chi connectivity index (χ3v) is 17.1. The van der Waals surface area contributed by atoms with Gasteiger partial charge in [-0.05, 0) is 94.7 Å². The molecule has 0 radical (unpaired) electrons. The highest BCUT2D eigenvalue weighted by molar-refractivity contribution is 7.26. The second-order valence-electron chi connectivity index (χ2n) is 17.5. The maximum atomic E-state index is 5.56. The van der Waals surface area contributed by atoms with Crippen molar-refractivity contribution in [2.75, 3.05) is 0 Å². The summed E-state index contributed by atoms with van der Waals surface area (Å²) < 4.78 is 9.85. The van der Waals surface area contributed by atoms with Crippen LogP contribution in [0.25, 0.3) is 144 Å². The predicted octanol–water partition coefficient (Wildman–Crippen LogP) is 17.9. The largest absolute Gasteiger partial charge is 0.309 e. The number of rotatable bonds is 5. The zero-order valence-corrected chi connectivity index (χ0v) is 38.6. The molecular weight excluding hydrogens is 885 g/mol. The molecular formula is C61H34N4S3. The monoisotopic (exact) mass is 918 g/mol. The van der Waals surface area contributed by atoms with E-state index in [0.717, 1.165) is 39.0 Å². The first-order chi connectivity index (χ1) is 33.7. The van der Waals surface area contributed by atoms with Gasteiger partial charge in [-0.15, -0.1) is 34.0 Å². The molecule has 0 fully saturated rings. The van der Waals surface area contributed by atoms with Crippen LogP contribution in [0.2, 0.25) is 0 Å². The molecule has 0 aliphatic heterocycles. The first-order valence-corrected chi connectivity index (χ1v) is 25.2. The van der Waals surface area contributed by atoms with Crippen molar-refractivity contribution in [3.63, 3.8) is 0 Å². The van der Waals surface area contributed by atoms with Gasteiger partial charge in [0.1, 0.15) is 0 Å². The molecule has 0 aliphatic carbocycles. The van der Waals surface area contributed by atoms with E-state index in [9.17, 15) is 0 Å². The summed E-state index contributed by atoms with van der Waals surface area (Å²) in [7, 11) is 0. The van der Waals surface area contributed by atoms with Crippen molar-refractivity contribution in [2.45, 2.75) is 0 Å². The molecule has 5 aromatic heterocycles. The molecule has 68 heavy (non-hydrogen) atoms. The van der Waals surface area contributed by atoms with Crippen molar-refractivity contribution in [3.8, 4) is 51.0 Å². The maximum Gasteiger partial charge on any atom is 0.164 e. The SMILES string of the molecule is c1ccc2cc3c(cc2c1)c1ccccc1n3-c1ccc(-c2nc(-c3cccc4sc5ccccc5c34)nc(-c3cccc4sc5ccccc5c34)n2)c(-c2ccc3c(c2)sc2ccccc23)c1. The summed E-state index contributed by atoms with van der Waals surface area (Å²) in [6.07, 6.45) is 0. The summed E-state index contributed by atoms with van der Waals surface area (Å²) in [5, 5.41) is 12.2. The van der Waals surface area contributed by atoms with Crippen molar-refractivity contribution in [1.29, 1.82) is 0 Å². The van der Waals surface area contributed by atoms with Crippen LogP contribution in [0.3, 0.4) is 0 Å². The van der Waals surface area contributed by atoms with Gasteiger partial charge >= 0.3 is 0 Å². The molecule has 4 nitrogen and oxygen atoms in total. The quantitative estimate of drug-likeness (QED) is 0.173. The maximum absolute atomic E-state index is 5.56. The van der Waals surface area contributed by atoms with Gasteiger partial charge in [-0.2, -0.15) is 0 Å². The number of fused-ring (bicyclic) bond motifs is 13. The zero-order chi connectivity index (χ0) is 44.5. The standard InChI is InChI=1S/C61H34N4S3/c1-2-14-36-32-50-48(31-35(36)13-1)39-15-3-7-21-49(39)65(50)38-28-30-42(47(34-38)37-27-29-41-40-16-4-8-22-51(40)68-56(41)33-37)59-62-60(45-19-11-25-54-57(45)43-17-5-9-23-52(43)66-54)64-61(63-59)46-20-12-26-55-58(46)44-18-6-10-24-53(44)67-55/h1-34H. The van der Waals surface area contributed by atoms with Crippen LogP contribution in [0.1, 0.15) is 0 Å². The van der Waals surface area contributed by atoms with Gasteiger partial charge < -0.3 is 4.57 Å². The van der Waals surface area contributed by atoms with E-state index in [1.54, 1.807) is 0 Å². The Hall–Kier alpha value is -8.07. The van der Waals surface area contributed by atoms with Gasteiger partial charge in [0.25, 0.3) is 0 Å². The van der Waals surface area contributed by atoms with E-state index in [1.165, 1.54) is 87.6 Å². The van der Waals surface area contributed by atoms with Crippen molar-refractivity contribution in [2.24, 2.45) is 0 Å². The third kappa shape index (κ3) is 5.74. The van der Waals surface area contributed by atoms with Crippen molar-refractivity contribution < 1.29 is 0 Å². The molecule has 10 aromatic carbocycles. The molecule has 0 atom stereocenters. The van der Waals surface area contributed by atoms with Gasteiger partial charge in [0.15, 0.2) is 17.5 Å². The Kier molecular flexibility index (Phi) is 8.24. The average molecular weight is 919 g/mol. The van der Waals surface area contributed by atoms with E-state index in [2.05, 4.69) is 211 Å². The van der Waals surface area contributed by atoms with Gasteiger partial charge in [-0.1, -0.05) is 133 Å². The number of hydrogen-bond acceptors (Lipinski definition) is 6. The Morgan fingerprint density at radius 1 is 0.294 bits per heavy atom. The van der Waals surface area contributed by atoms with Gasteiger partial charge in [-0.3, -0.25) is 0 Å². The average Bonchev–Trinajstić information content (AvgIpc) is 4.16. The Labute approximate surface area is 401 Å². The minimum atomic E-state index is 0.629. The van der Waals surface area contributed by atoms with Crippen LogP contribution in [-0.4, -0.2) is 19.5 Å². The summed E-state index contributed by atoms with van der Waals surface area (Å²) in [5.74, 6) is 1.93. The lowest BCUT2D eigenvalue weighted by Gasteiger charge is -2.16. The fraction of sp³-hybridized carbons (Fsp3) is 0. The Morgan fingerprint density at radius 3 is 1.49 bits per heavy atom. The first-order valence-electron chi connectivity index (χ1n) is 22.7. The second-order valence-corrected chi connectivity index (χ2v) is 20.7. The molecule has 7 heteroatoms. The zero-order valence-electron chi connectivity index (χ0n) is 36.1. The van der Waals surface area contributed by atoms with Gasteiger partial charge in [0.2, 0.25) is 0 Å². The molecule has 0 saturated heterocycles. The normalized spacial score (nSPS) is 12.1. The molecule has 0 unspecified atom stereocenters. The molecule has 316 valence electrons. The highest BCUT2D eigenvalue weighted by atomic mass is 32.1. The molecule has 0 spiro atoms. The molecule has 0 saturated carbocycles. The Morgan fingerprint density at radius 2 is 0.809 bits per heavy atom. The molecule has 0 aliphatic rings. The molecule has 15 rings (SSSR count). The molecule has 0 amide bonds. The highest BCUT2D eigenvalue weighted by Gasteiger charge is 2.23. The van der Waals surface area contributed by atoms with E-state index in [0.29, 0.717) is 17.5 Å². The number of benzene rings is 10. The van der Waals surface area contributed by atoms with Crippen molar-refractivity contribution >= 4 is 127 Å². The number of aromatic nitrogens is 4. The van der Waals surface area contributed by atoms with Crippen LogP contribution in [0.15, 0.2) is 206 Å². The predicted molar refractivity (Wildman–Crippen MR) is 292 cm³/mol. The smallest absolute Gasteiger partial charge is 0.164 e. The minimum absolute atomic E-state index is 0.629. The third-order valence-electron chi connectivity index (χ3n) is 13.7. The summed E-state index contributed by atoms with van der Waals surface area (Å²) in [6.45, 7) is 0. The van der Waals surface area contributed by atoms with Crippen LogP contribution in [0.5, 0.6) is 0 Å². The van der Waals surface area contributed by atoms with E-state index in [4.69, 9.17) is 15.0 Å². The fourth-order valence-electron chi connectivity index (χ4n) is 10.6. The number of thiophene rings is 3. The summed E-state index contributed by atoms with van der Waals surface area (Å²) in [4.78, 5) is 16.6. The van der Waals surface area contributed by atoms with E-state index in [-0.39, 0.29) is 0 Å². The second kappa shape index (κ2) is 14.7. The highest BCUT2D eigenvalue weighted by Crippen LogP contribution is 2.45. The Balaban J connectivity index is 1.03. The van der Waals surface area contributed by atoms with E-state index >= 15 is 0 Å².